The molecule has 0 radical (unpaired) electrons. The quantitative estimate of drug-likeness (QED) is 0.420. The number of rotatable bonds is 2. The summed E-state index contributed by atoms with van der Waals surface area (Å²) in [5, 5.41) is 3.37. The van der Waals surface area contributed by atoms with E-state index in [1.165, 1.54) is 23.8 Å². The Morgan fingerprint density at radius 2 is 1.84 bits per heavy atom. The lowest BCUT2D eigenvalue weighted by atomic mass is 10.1. The maximum Gasteiger partial charge on any atom is 0.198 e. The number of fused-ring (bicyclic) bond motifs is 1. The number of para-hydroxylation sites is 1. The van der Waals surface area contributed by atoms with E-state index >= 15 is 0 Å². The Kier molecular flexibility index (Phi) is 5.27. The van der Waals surface area contributed by atoms with Gasteiger partial charge in [-0.2, -0.15) is 0 Å². The summed E-state index contributed by atoms with van der Waals surface area (Å²) >= 11 is 0. The van der Waals surface area contributed by atoms with Crippen molar-refractivity contribution >= 4 is 35.6 Å². The van der Waals surface area contributed by atoms with E-state index in [1.807, 2.05) is 12.1 Å². The topological polar surface area (TPSA) is 27.6 Å². The number of aliphatic imine (C=N–C) groups is 1. The molecule has 1 aliphatic heterocycles. The first-order chi connectivity index (χ1) is 11.7. The van der Waals surface area contributed by atoms with Crippen LogP contribution in [0.1, 0.15) is 23.5 Å². The third-order valence-corrected chi connectivity index (χ3v) is 4.83. The van der Waals surface area contributed by atoms with Crippen LogP contribution in [0.2, 0.25) is 0 Å². The zero-order valence-corrected chi connectivity index (χ0v) is 16.2. The summed E-state index contributed by atoms with van der Waals surface area (Å²) in [6.45, 7) is 0.866. The van der Waals surface area contributed by atoms with Crippen LogP contribution >= 0.6 is 24.0 Å². The number of anilines is 1. The van der Waals surface area contributed by atoms with Gasteiger partial charge in [-0.1, -0.05) is 24.3 Å². The normalized spacial score (nSPS) is 21.6. The standard InChI is InChI=1S/C19H19F2N3.HI/c1-22-19(24-10-9-12-5-2-3-8-17(12)24)23-16-11-13(16)18-14(20)6-4-7-15(18)21;/h2-8,13,16H,9-11H2,1H3,(H,22,23);1H. The van der Waals surface area contributed by atoms with Gasteiger partial charge in [-0.25, -0.2) is 8.78 Å². The molecule has 25 heavy (non-hydrogen) atoms. The van der Waals surface area contributed by atoms with Gasteiger partial charge in [0.15, 0.2) is 5.96 Å². The Balaban J connectivity index is 0.00000182. The smallest absolute Gasteiger partial charge is 0.198 e. The number of nitrogens with zero attached hydrogens (tertiary/aromatic N) is 2. The average molecular weight is 455 g/mol. The summed E-state index contributed by atoms with van der Waals surface area (Å²) in [5.74, 6) is -0.304. The van der Waals surface area contributed by atoms with Gasteiger partial charge in [0.2, 0.25) is 0 Å². The molecule has 2 aliphatic rings. The molecule has 132 valence electrons. The number of hydrogen-bond acceptors (Lipinski definition) is 1. The molecular weight excluding hydrogens is 435 g/mol. The fourth-order valence-electron chi connectivity index (χ4n) is 3.53. The largest absolute Gasteiger partial charge is 0.353 e. The van der Waals surface area contributed by atoms with Crippen LogP contribution in [0, 0.1) is 11.6 Å². The zero-order valence-electron chi connectivity index (χ0n) is 13.9. The van der Waals surface area contributed by atoms with E-state index in [-0.39, 0.29) is 41.5 Å². The van der Waals surface area contributed by atoms with Gasteiger partial charge in [0, 0.05) is 36.8 Å². The summed E-state index contributed by atoms with van der Waals surface area (Å²) in [6.07, 6.45) is 1.69. The summed E-state index contributed by atoms with van der Waals surface area (Å²) < 4.78 is 27.8. The Morgan fingerprint density at radius 1 is 1.12 bits per heavy atom. The van der Waals surface area contributed by atoms with Gasteiger partial charge >= 0.3 is 0 Å². The highest BCUT2D eigenvalue weighted by molar-refractivity contribution is 14.0. The molecule has 3 nitrogen and oxygen atoms in total. The molecule has 2 atom stereocenters. The Bertz CT molecular complexity index is 789. The van der Waals surface area contributed by atoms with E-state index in [2.05, 4.69) is 27.3 Å². The van der Waals surface area contributed by atoms with E-state index in [0.29, 0.717) is 6.42 Å². The minimum Gasteiger partial charge on any atom is -0.353 e. The van der Waals surface area contributed by atoms with Crippen LogP contribution in [0.5, 0.6) is 0 Å². The first-order valence-electron chi connectivity index (χ1n) is 8.21. The Labute approximate surface area is 163 Å². The minimum absolute atomic E-state index is 0. The second-order valence-corrected chi connectivity index (χ2v) is 6.31. The van der Waals surface area contributed by atoms with Crippen molar-refractivity contribution in [3.63, 3.8) is 0 Å². The van der Waals surface area contributed by atoms with Gasteiger partial charge in [-0.15, -0.1) is 24.0 Å². The third kappa shape index (κ3) is 3.36. The number of hydrogen-bond donors (Lipinski definition) is 1. The predicted octanol–water partition coefficient (Wildman–Crippen LogP) is 4.08. The molecule has 0 saturated heterocycles. The highest BCUT2D eigenvalue weighted by atomic mass is 127. The van der Waals surface area contributed by atoms with Crippen LogP contribution in [0.3, 0.4) is 0 Å². The summed E-state index contributed by atoms with van der Waals surface area (Å²) in [6, 6.07) is 12.3. The van der Waals surface area contributed by atoms with Crippen molar-refractivity contribution in [1.29, 1.82) is 0 Å². The number of benzene rings is 2. The second kappa shape index (κ2) is 7.27. The van der Waals surface area contributed by atoms with Crippen LogP contribution < -0.4 is 10.2 Å². The fourth-order valence-corrected chi connectivity index (χ4v) is 3.53. The van der Waals surface area contributed by atoms with Gasteiger partial charge < -0.3 is 10.2 Å². The lowest BCUT2D eigenvalue weighted by Gasteiger charge is -2.22. The monoisotopic (exact) mass is 455 g/mol. The Hall–Kier alpha value is -1.70. The van der Waals surface area contributed by atoms with Gasteiger partial charge in [0.25, 0.3) is 0 Å². The minimum atomic E-state index is -0.467. The van der Waals surface area contributed by atoms with Crippen LogP contribution in [0.25, 0.3) is 0 Å². The van der Waals surface area contributed by atoms with Gasteiger partial charge in [0.05, 0.1) is 0 Å². The molecule has 2 unspecified atom stereocenters. The number of halogens is 3. The first kappa shape index (κ1) is 18.1. The molecule has 1 N–H and O–H groups in total. The van der Waals surface area contributed by atoms with E-state index in [4.69, 9.17) is 0 Å². The summed E-state index contributed by atoms with van der Waals surface area (Å²) in [5.41, 5.74) is 2.64. The van der Waals surface area contributed by atoms with Crippen LogP contribution in [-0.2, 0) is 6.42 Å². The molecular formula is C19H20F2IN3. The van der Waals surface area contributed by atoms with E-state index in [0.717, 1.165) is 24.6 Å². The lowest BCUT2D eigenvalue weighted by molar-refractivity contribution is 0.553. The fraction of sp³-hybridized carbons (Fsp3) is 0.316. The molecule has 1 aliphatic carbocycles. The number of guanidine groups is 1. The van der Waals surface area contributed by atoms with Crippen molar-refractivity contribution in [2.45, 2.75) is 24.8 Å². The molecule has 0 amide bonds. The molecule has 1 heterocycles. The van der Waals surface area contributed by atoms with Crippen molar-refractivity contribution in [2.24, 2.45) is 4.99 Å². The maximum absolute atomic E-state index is 13.9. The van der Waals surface area contributed by atoms with Crippen LogP contribution in [0.15, 0.2) is 47.5 Å². The van der Waals surface area contributed by atoms with Crippen LogP contribution in [-0.4, -0.2) is 25.6 Å². The molecule has 2 aromatic carbocycles. The predicted molar refractivity (Wildman–Crippen MR) is 107 cm³/mol. The van der Waals surface area contributed by atoms with Crippen molar-refractivity contribution in [3.05, 3.63) is 65.2 Å². The van der Waals surface area contributed by atoms with Gasteiger partial charge in [-0.3, -0.25) is 4.99 Å². The highest BCUT2D eigenvalue weighted by Crippen LogP contribution is 2.43. The third-order valence-electron chi connectivity index (χ3n) is 4.83. The summed E-state index contributed by atoms with van der Waals surface area (Å²) in [4.78, 5) is 6.51. The number of nitrogens with one attached hydrogen (secondary N) is 1. The molecule has 0 aromatic heterocycles. The zero-order chi connectivity index (χ0) is 16.7. The van der Waals surface area contributed by atoms with E-state index in [1.54, 1.807) is 7.05 Å². The highest BCUT2D eigenvalue weighted by Gasteiger charge is 2.43. The molecule has 1 saturated carbocycles. The van der Waals surface area contributed by atoms with Crippen molar-refractivity contribution < 1.29 is 8.78 Å². The first-order valence-corrected chi connectivity index (χ1v) is 8.21. The SMILES string of the molecule is CN=C(NC1CC1c1c(F)cccc1F)N1CCc2ccccc21.I. The lowest BCUT2D eigenvalue weighted by Crippen LogP contribution is -2.42. The molecule has 6 heteroatoms. The van der Waals surface area contributed by atoms with Crippen molar-refractivity contribution in [1.82, 2.24) is 5.32 Å². The average Bonchev–Trinajstić information content (AvgIpc) is 3.19. The second-order valence-electron chi connectivity index (χ2n) is 6.31. The van der Waals surface area contributed by atoms with Crippen molar-refractivity contribution in [3.8, 4) is 0 Å². The van der Waals surface area contributed by atoms with Crippen LogP contribution in [0.4, 0.5) is 14.5 Å². The van der Waals surface area contributed by atoms with E-state index < -0.39 is 11.6 Å². The molecule has 2 aromatic rings. The Morgan fingerprint density at radius 3 is 2.56 bits per heavy atom. The van der Waals surface area contributed by atoms with Crippen molar-refractivity contribution in [2.75, 3.05) is 18.5 Å². The molecule has 4 rings (SSSR count). The molecule has 1 fully saturated rings. The van der Waals surface area contributed by atoms with E-state index in [9.17, 15) is 8.78 Å². The van der Waals surface area contributed by atoms with Gasteiger partial charge in [0.1, 0.15) is 11.6 Å². The van der Waals surface area contributed by atoms with Gasteiger partial charge in [-0.05, 0) is 36.6 Å². The summed E-state index contributed by atoms with van der Waals surface area (Å²) in [7, 11) is 1.74. The molecule has 0 bridgehead atoms. The maximum atomic E-state index is 13.9. The molecule has 0 spiro atoms.